The molecule has 186 valence electrons. The summed E-state index contributed by atoms with van der Waals surface area (Å²) in [6.07, 6.45) is 12.1. The molecule has 0 bridgehead atoms. The van der Waals surface area contributed by atoms with Crippen molar-refractivity contribution in [3.63, 3.8) is 0 Å². The third kappa shape index (κ3) is 2.99. The Kier molecular flexibility index (Phi) is 5.24. The van der Waals surface area contributed by atoms with E-state index in [0.717, 1.165) is 25.7 Å². The minimum atomic E-state index is -0.493. The molecule has 4 nitrogen and oxygen atoms in total. The van der Waals surface area contributed by atoms with E-state index in [1.807, 2.05) is 19.9 Å². The maximum Gasteiger partial charge on any atom is 0.310 e. The first-order chi connectivity index (χ1) is 15.8. The molecule has 0 aromatic carbocycles. The van der Waals surface area contributed by atoms with Gasteiger partial charge in [0.25, 0.3) is 0 Å². The van der Waals surface area contributed by atoms with Crippen LogP contribution in [0.2, 0.25) is 0 Å². The lowest BCUT2D eigenvalue weighted by Crippen LogP contribution is -2.63. The summed E-state index contributed by atoms with van der Waals surface area (Å²) in [6, 6.07) is 0. The van der Waals surface area contributed by atoms with Gasteiger partial charge >= 0.3 is 5.97 Å². The van der Waals surface area contributed by atoms with Crippen molar-refractivity contribution in [1.82, 2.24) is 0 Å². The fourth-order valence-corrected chi connectivity index (χ4v) is 9.35. The Morgan fingerprint density at radius 2 is 1.79 bits per heavy atom. The third-order valence-corrected chi connectivity index (χ3v) is 11.1. The fraction of sp³-hybridized carbons (Fsp3) is 0.733. The highest BCUT2D eigenvalue weighted by atomic mass is 16.5. The molecule has 4 aliphatic carbocycles. The second kappa shape index (κ2) is 7.41. The summed E-state index contributed by atoms with van der Waals surface area (Å²) >= 11 is 0. The van der Waals surface area contributed by atoms with Gasteiger partial charge in [-0.05, 0) is 80.3 Å². The fourth-order valence-electron chi connectivity index (χ4n) is 9.35. The number of carbonyl (C=O) groups is 2. The second-order valence-electron chi connectivity index (χ2n) is 13.4. The highest BCUT2D eigenvalue weighted by Crippen LogP contribution is 2.72. The minimum Gasteiger partial charge on any atom is -0.458 e. The number of allylic oxidation sites excluding steroid dienone is 4. The van der Waals surface area contributed by atoms with Crippen molar-refractivity contribution in [2.24, 2.45) is 45.3 Å². The summed E-state index contributed by atoms with van der Waals surface area (Å²) in [5.41, 5.74) is 1.48. The summed E-state index contributed by atoms with van der Waals surface area (Å²) < 4.78 is 5.77. The van der Waals surface area contributed by atoms with Crippen LogP contribution in [0, 0.1) is 45.3 Å². The number of aliphatic hydroxyl groups is 1. The number of aliphatic hydroxyl groups excluding tert-OH is 1. The Balaban J connectivity index is 1.50. The molecular formula is C30H42O4. The van der Waals surface area contributed by atoms with Crippen LogP contribution in [0.15, 0.2) is 35.5 Å². The Hall–Kier alpha value is -1.68. The average Bonchev–Trinajstić information content (AvgIpc) is 3.26. The van der Waals surface area contributed by atoms with Crippen molar-refractivity contribution in [3.05, 3.63) is 35.5 Å². The van der Waals surface area contributed by atoms with Gasteiger partial charge in [-0.25, -0.2) is 0 Å². The number of cyclic esters (lactones) is 1. The van der Waals surface area contributed by atoms with Gasteiger partial charge in [0.2, 0.25) is 0 Å². The van der Waals surface area contributed by atoms with Crippen LogP contribution in [0.4, 0.5) is 0 Å². The van der Waals surface area contributed by atoms with Gasteiger partial charge in [0.15, 0.2) is 5.78 Å². The van der Waals surface area contributed by atoms with Crippen LogP contribution in [0.5, 0.6) is 0 Å². The Morgan fingerprint density at radius 3 is 2.47 bits per heavy atom. The van der Waals surface area contributed by atoms with Gasteiger partial charge in [-0.2, -0.15) is 0 Å². The quantitative estimate of drug-likeness (QED) is 0.412. The largest absolute Gasteiger partial charge is 0.458 e. The van der Waals surface area contributed by atoms with E-state index >= 15 is 0 Å². The first-order valence-corrected chi connectivity index (χ1v) is 13.2. The lowest BCUT2D eigenvalue weighted by molar-refractivity contribution is -0.166. The highest BCUT2D eigenvalue weighted by Gasteiger charge is 2.68. The molecular weight excluding hydrogens is 424 g/mol. The zero-order valence-electron chi connectivity index (χ0n) is 22.0. The van der Waals surface area contributed by atoms with E-state index in [2.05, 4.69) is 52.8 Å². The zero-order chi connectivity index (χ0) is 24.8. The van der Waals surface area contributed by atoms with Crippen molar-refractivity contribution in [3.8, 4) is 0 Å². The Labute approximate surface area is 204 Å². The van der Waals surface area contributed by atoms with Gasteiger partial charge in [0.1, 0.15) is 6.10 Å². The summed E-state index contributed by atoms with van der Waals surface area (Å²) in [7, 11) is 0. The third-order valence-electron chi connectivity index (χ3n) is 11.1. The topological polar surface area (TPSA) is 63.6 Å². The molecule has 0 aromatic rings. The van der Waals surface area contributed by atoms with Crippen LogP contribution in [-0.4, -0.2) is 29.1 Å². The number of esters is 1. The molecule has 1 N–H and O–H groups in total. The molecule has 1 saturated heterocycles. The zero-order valence-corrected chi connectivity index (χ0v) is 22.0. The van der Waals surface area contributed by atoms with E-state index in [9.17, 15) is 14.7 Å². The predicted molar refractivity (Wildman–Crippen MR) is 133 cm³/mol. The highest BCUT2D eigenvalue weighted by molar-refractivity contribution is 5.95. The van der Waals surface area contributed by atoms with Gasteiger partial charge < -0.3 is 9.84 Å². The van der Waals surface area contributed by atoms with Gasteiger partial charge in [0, 0.05) is 17.3 Å². The van der Waals surface area contributed by atoms with Gasteiger partial charge in [-0.1, -0.05) is 57.9 Å². The average molecular weight is 467 g/mol. The molecule has 2 saturated carbocycles. The minimum absolute atomic E-state index is 0.0534. The molecule has 5 rings (SSSR count). The summed E-state index contributed by atoms with van der Waals surface area (Å²) in [5.74, 6) is 0.655. The number of rotatable bonds is 2. The van der Waals surface area contributed by atoms with Crippen LogP contribution in [0.25, 0.3) is 0 Å². The van der Waals surface area contributed by atoms with Crippen molar-refractivity contribution >= 4 is 11.8 Å². The maximum atomic E-state index is 13.0. The van der Waals surface area contributed by atoms with E-state index in [0.29, 0.717) is 6.42 Å². The molecule has 0 spiro atoms. The monoisotopic (exact) mass is 466 g/mol. The Bertz CT molecular complexity index is 1010. The van der Waals surface area contributed by atoms with Crippen molar-refractivity contribution in [2.45, 2.75) is 92.8 Å². The molecule has 0 amide bonds. The first-order valence-electron chi connectivity index (χ1n) is 13.2. The molecule has 1 aliphatic heterocycles. The van der Waals surface area contributed by atoms with E-state index in [1.54, 1.807) is 0 Å². The number of fused-ring (bicyclic) bond motifs is 5. The first kappa shape index (κ1) is 24.0. The van der Waals surface area contributed by atoms with Crippen molar-refractivity contribution < 1.29 is 19.4 Å². The molecule has 0 radical (unpaired) electrons. The smallest absolute Gasteiger partial charge is 0.310 e. The van der Waals surface area contributed by atoms with Crippen LogP contribution < -0.4 is 0 Å². The predicted octanol–water partition coefficient (Wildman–Crippen LogP) is 5.81. The van der Waals surface area contributed by atoms with Crippen molar-refractivity contribution in [2.75, 3.05) is 0 Å². The Morgan fingerprint density at radius 1 is 1.09 bits per heavy atom. The molecule has 0 aromatic heterocycles. The molecule has 5 aliphatic rings. The van der Waals surface area contributed by atoms with Crippen molar-refractivity contribution in [1.29, 1.82) is 0 Å². The summed E-state index contributed by atoms with van der Waals surface area (Å²) in [6.45, 7) is 15.1. The number of hydrogen-bond acceptors (Lipinski definition) is 4. The lowest BCUT2D eigenvalue weighted by Gasteiger charge is -2.66. The van der Waals surface area contributed by atoms with E-state index in [-0.39, 0.29) is 57.8 Å². The number of ether oxygens (including phenoxy) is 1. The van der Waals surface area contributed by atoms with E-state index in [4.69, 9.17) is 4.74 Å². The van der Waals surface area contributed by atoms with Crippen LogP contribution in [0.3, 0.4) is 0 Å². The van der Waals surface area contributed by atoms with Gasteiger partial charge in [-0.3, -0.25) is 9.59 Å². The van der Waals surface area contributed by atoms with Gasteiger partial charge in [0.05, 0.1) is 12.0 Å². The normalized spacial score (nSPS) is 49.0. The van der Waals surface area contributed by atoms with E-state index < -0.39 is 11.5 Å². The molecule has 34 heavy (non-hydrogen) atoms. The maximum absolute atomic E-state index is 13.0. The molecule has 1 heterocycles. The lowest BCUT2D eigenvalue weighted by atomic mass is 9.38. The molecule has 0 unspecified atom stereocenters. The summed E-state index contributed by atoms with van der Waals surface area (Å²) in [5, 5.41) is 11.8. The SMILES string of the molecule is CC(C)=C[C@@H]1C[C@@H]([C@@H]2CC=C3[C@@]4(C)[C@H](CC[C@]32C)[C@@]2(C)C=CC(=O)C(C)(C)[C@H]2C[C@@H]4O)C(=O)O1. The number of hydrogen-bond donors (Lipinski definition) is 1. The number of carbonyl (C=O) groups excluding carboxylic acids is 2. The number of ketones is 1. The van der Waals surface area contributed by atoms with E-state index in [1.165, 1.54) is 11.1 Å². The molecule has 3 fully saturated rings. The van der Waals surface area contributed by atoms with Crippen LogP contribution >= 0.6 is 0 Å². The second-order valence-corrected chi connectivity index (χ2v) is 13.4. The molecule has 9 atom stereocenters. The standard InChI is InChI=1S/C30H42O4/c1-17(2)14-18-15-19(26(33)34-18)20-8-9-21-28(20,5)12-10-22-29(6)13-11-24(31)27(3,4)23(29)16-25(32)30(21,22)7/h9,11,13-14,18-20,22-23,25,32H,8,10,12,15-16H2,1-7H3/t18-,19+,20+,22-,23-,25+,28+,29-,30+/m1/s1. The van der Waals surface area contributed by atoms with Crippen LogP contribution in [-0.2, 0) is 14.3 Å². The summed E-state index contributed by atoms with van der Waals surface area (Å²) in [4.78, 5) is 25.8. The van der Waals surface area contributed by atoms with Gasteiger partial charge in [-0.15, -0.1) is 0 Å². The molecule has 4 heteroatoms. The van der Waals surface area contributed by atoms with Crippen LogP contribution in [0.1, 0.15) is 80.6 Å².